The molecule has 5 heteroatoms. The summed E-state index contributed by atoms with van der Waals surface area (Å²) in [6.45, 7) is 3.12. The van der Waals surface area contributed by atoms with Gasteiger partial charge in [-0.25, -0.2) is 4.79 Å². The molecule has 2 fully saturated rings. The molecule has 0 saturated carbocycles. The lowest BCUT2D eigenvalue weighted by Crippen LogP contribution is -2.38. The average Bonchev–Trinajstić information content (AvgIpc) is 3.12. The second-order valence-corrected chi connectivity index (χ2v) is 5.28. The minimum Gasteiger partial charge on any atom is -0.463 e. The molecular formula is C14H20N2O3. The number of rotatable bonds is 4. The van der Waals surface area contributed by atoms with Crippen molar-refractivity contribution in [3.8, 4) is 0 Å². The molecule has 104 valence electrons. The minimum atomic E-state index is -0.422. The van der Waals surface area contributed by atoms with Crippen LogP contribution in [0.4, 0.5) is 0 Å². The van der Waals surface area contributed by atoms with Gasteiger partial charge in [0.15, 0.2) is 0 Å². The number of ether oxygens (including phenoxy) is 1. The maximum absolute atomic E-state index is 11.3. The van der Waals surface area contributed by atoms with Crippen LogP contribution in [0.25, 0.3) is 0 Å². The van der Waals surface area contributed by atoms with Gasteiger partial charge in [-0.05, 0) is 37.9 Å². The highest BCUT2D eigenvalue weighted by Gasteiger charge is 2.36. The lowest BCUT2D eigenvalue weighted by Gasteiger charge is -2.20. The lowest BCUT2D eigenvalue weighted by atomic mass is 10.1. The van der Waals surface area contributed by atoms with Crippen LogP contribution in [-0.2, 0) is 11.3 Å². The summed E-state index contributed by atoms with van der Waals surface area (Å²) >= 11 is 0. The van der Waals surface area contributed by atoms with Gasteiger partial charge in [-0.15, -0.1) is 0 Å². The van der Waals surface area contributed by atoms with E-state index in [0.29, 0.717) is 18.6 Å². The van der Waals surface area contributed by atoms with Crippen molar-refractivity contribution in [3.05, 3.63) is 23.7 Å². The Balaban J connectivity index is 1.54. The molecule has 2 aliphatic heterocycles. The summed E-state index contributed by atoms with van der Waals surface area (Å²) in [6.07, 6.45) is 3.81. The zero-order valence-electron chi connectivity index (χ0n) is 11.2. The van der Waals surface area contributed by atoms with E-state index in [1.54, 1.807) is 6.07 Å². The normalized spacial score (nSPS) is 26.6. The van der Waals surface area contributed by atoms with Gasteiger partial charge in [-0.1, -0.05) is 0 Å². The Morgan fingerprint density at radius 1 is 1.47 bits per heavy atom. The van der Waals surface area contributed by atoms with Crippen molar-refractivity contribution < 1.29 is 13.9 Å². The summed E-state index contributed by atoms with van der Waals surface area (Å²) in [7, 11) is 1.36. The van der Waals surface area contributed by atoms with Crippen LogP contribution in [-0.4, -0.2) is 43.2 Å². The number of carbonyl (C=O) groups is 1. The van der Waals surface area contributed by atoms with E-state index in [1.165, 1.54) is 39.5 Å². The molecule has 0 amide bonds. The van der Waals surface area contributed by atoms with Crippen molar-refractivity contribution in [1.29, 1.82) is 0 Å². The maximum atomic E-state index is 11.3. The molecule has 3 heterocycles. The molecule has 5 nitrogen and oxygen atoms in total. The second kappa shape index (κ2) is 5.35. The molecule has 2 saturated heterocycles. The number of furan rings is 1. The van der Waals surface area contributed by atoms with Gasteiger partial charge in [0.1, 0.15) is 5.76 Å². The van der Waals surface area contributed by atoms with Crippen molar-refractivity contribution >= 4 is 5.97 Å². The molecule has 0 radical (unpaired) electrons. The summed E-state index contributed by atoms with van der Waals surface area (Å²) in [5.74, 6) is 0.638. The summed E-state index contributed by atoms with van der Waals surface area (Å²) in [6, 6.07) is 4.74. The molecule has 1 aromatic rings. The number of nitrogens with zero attached hydrogens (tertiary/aromatic N) is 1. The number of nitrogens with one attached hydrogen (secondary N) is 1. The van der Waals surface area contributed by atoms with E-state index in [4.69, 9.17) is 4.42 Å². The summed E-state index contributed by atoms with van der Waals surface area (Å²) < 4.78 is 10.1. The van der Waals surface area contributed by atoms with Gasteiger partial charge < -0.3 is 14.5 Å². The van der Waals surface area contributed by atoms with E-state index in [0.717, 1.165) is 5.76 Å². The lowest BCUT2D eigenvalue weighted by molar-refractivity contribution is 0.0562. The zero-order chi connectivity index (χ0) is 13.2. The summed E-state index contributed by atoms with van der Waals surface area (Å²) in [4.78, 5) is 13.9. The second-order valence-electron chi connectivity index (χ2n) is 5.28. The number of hydrogen-bond donors (Lipinski definition) is 1. The minimum absolute atomic E-state index is 0.271. The quantitative estimate of drug-likeness (QED) is 0.833. The standard InChI is InChI=1S/C14H20N2O3/c1-18-14(17)13-5-4-10(19-13)9-15-11-6-8-16-7-2-3-12(11)16/h4-5,11-12,15H,2-3,6-9H2,1H3. The summed E-state index contributed by atoms with van der Waals surface area (Å²) in [5, 5.41) is 3.55. The zero-order valence-corrected chi connectivity index (χ0v) is 11.2. The number of methoxy groups -OCH3 is 1. The van der Waals surface area contributed by atoms with Crippen molar-refractivity contribution in [2.45, 2.75) is 37.9 Å². The molecule has 0 aliphatic carbocycles. The van der Waals surface area contributed by atoms with Crippen LogP contribution in [0.15, 0.2) is 16.5 Å². The Morgan fingerprint density at radius 2 is 2.37 bits per heavy atom. The van der Waals surface area contributed by atoms with Gasteiger partial charge in [0, 0.05) is 18.6 Å². The molecule has 1 aromatic heterocycles. The largest absolute Gasteiger partial charge is 0.463 e. The highest BCUT2D eigenvalue weighted by atomic mass is 16.5. The number of hydrogen-bond acceptors (Lipinski definition) is 5. The van der Waals surface area contributed by atoms with E-state index < -0.39 is 5.97 Å². The first kappa shape index (κ1) is 12.7. The van der Waals surface area contributed by atoms with Crippen molar-refractivity contribution in [2.24, 2.45) is 0 Å². The highest BCUT2D eigenvalue weighted by molar-refractivity contribution is 5.86. The van der Waals surface area contributed by atoms with Gasteiger partial charge in [-0.3, -0.25) is 4.90 Å². The number of carbonyl (C=O) groups excluding carboxylic acids is 1. The van der Waals surface area contributed by atoms with Crippen LogP contribution in [0.5, 0.6) is 0 Å². The molecule has 2 unspecified atom stereocenters. The van der Waals surface area contributed by atoms with Crippen LogP contribution in [0.2, 0.25) is 0 Å². The van der Waals surface area contributed by atoms with Gasteiger partial charge in [0.2, 0.25) is 5.76 Å². The Hall–Kier alpha value is -1.33. The third-order valence-corrected chi connectivity index (χ3v) is 4.19. The first-order valence-electron chi connectivity index (χ1n) is 6.92. The van der Waals surface area contributed by atoms with Crippen molar-refractivity contribution in [2.75, 3.05) is 20.2 Å². The third-order valence-electron chi connectivity index (χ3n) is 4.19. The Morgan fingerprint density at radius 3 is 3.21 bits per heavy atom. The molecule has 2 atom stereocenters. The molecule has 0 bridgehead atoms. The number of esters is 1. The first-order valence-corrected chi connectivity index (χ1v) is 6.92. The fourth-order valence-electron chi connectivity index (χ4n) is 3.24. The molecular weight excluding hydrogens is 244 g/mol. The summed E-state index contributed by atoms with van der Waals surface area (Å²) in [5.41, 5.74) is 0. The van der Waals surface area contributed by atoms with Crippen molar-refractivity contribution in [3.63, 3.8) is 0 Å². The van der Waals surface area contributed by atoms with Crippen LogP contribution in [0.1, 0.15) is 35.6 Å². The van der Waals surface area contributed by atoms with Crippen LogP contribution in [0.3, 0.4) is 0 Å². The molecule has 0 aromatic carbocycles. The predicted octanol–water partition coefficient (Wildman–Crippen LogP) is 1.39. The molecule has 3 rings (SSSR count). The predicted molar refractivity (Wildman–Crippen MR) is 69.9 cm³/mol. The molecule has 1 N–H and O–H groups in total. The van der Waals surface area contributed by atoms with Gasteiger partial charge in [0.25, 0.3) is 0 Å². The van der Waals surface area contributed by atoms with E-state index >= 15 is 0 Å². The first-order chi connectivity index (χ1) is 9.28. The van der Waals surface area contributed by atoms with Gasteiger partial charge in [-0.2, -0.15) is 0 Å². The van der Waals surface area contributed by atoms with E-state index in [1.807, 2.05) is 6.07 Å². The fourth-order valence-corrected chi connectivity index (χ4v) is 3.24. The van der Waals surface area contributed by atoms with E-state index in [-0.39, 0.29) is 5.76 Å². The number of fused-ring (bicyclic) bond motifs is 1. The smallest absolute Gasteiger partial charge is 0.373 e. The maximum Gasteiger partial charge on any atom is 0.373 e. The van der Waals surface area contributed by atoms with Gasteiger partial charge >= 0.3 is 5.97 Å². The molecule has 2 aliphatic rings. The SMILES string of the molecule is COC(=O)c1ccc(CNC2CCN3CCCC23)o1. The topological polar surface area (TPSA) is 54.7 Å². The Bertz CT molecular complexity index is 457. The van der Waals surface area contributed by atoms with E-state index in [9.17, 15) is 4.79 Å². The third kappa shape index (κ3) is 2.53. The molecule has 0 spiro atoms. The van der Waals surface area contributed by atoms with Crippen molar-refractivity contribution in [1.82, 2.24) is 10.2 Å². The average molecular weight is 264 g/mol. The Labute approximate surface area is 112 Å². The van der Waals surface area contributed by atoms with Gasteiger partial charge in [0.05, 0.1) is 13.7 Å². The van der Waals surface area contributed by atoms with Crippen LogP contribution >= 0.6 is 0 Å². The monoisotopic (exact) mass is 264 g/mol. The molecule has 19 heavy (non-hydrogen) atoms. The van der Waals surface area contributed by atoms with Crippen LogP contribution in [0, 0.1) is 0 Å². The highest BCUT2D eigenvalue weighted by Crippen LogP contribution is 2.28. The Kier molecular flexibility index (Phi) is 3.57. The van der Waals surface area contributed by atoms with E-state index in [2.05, 4.69) is 15.0 Å². The van der Waals surface area contributed by atoms with Crippen LogP contribution < -0.4 is 5.32 Å². The fraction of sp³-hybridized carbons (Fsp3) is 0.643.